The molecule has 0 saturated carbocycles. The minimum absolute atomic E-state index is 0.335. The number of phosphoric acid groups is 1. The van der Waals surface area contributed by atoms with Crippen LogP contribution in [0.2, 0.25) is 0 Å². The van der Waals surface area contributed by atoms with Crippen molar-refractivity contribution in [3.63, 3.8) is 0 Å². The van der Waals surface area contributed by atoms with E-state index in [0.29, 0.717) is 0 Å². The van der Waals surface area contributed by atoms with Crippen LogP contribution in [0, 0.1) is 0 Å². The van der Waals surface area contributed by atoms with Gasteiger partial charge in [-0.1, -0.05) is 0 Å². The van der Waals surface area contributed by atoms with Crippen molar-refractivity contribution in [1.29, 1.82) is 0 Å². The van der Waals surface area contributed by atoms with Crippen molar-refractivity contribution in [2.24, 2.45) is 0 Å². The number of nitrogens with one attached hydrogen (secondary N) is 1. The third-order valence-electron chi connectivity index (χ3n) is 3.89. The van der Waals surface area contributed by atoms with Crippen LogP contribution >= 0.6 is 7.82 Å². The lowest BCUT2D eigenvalue weighted by Gasteiger charge is -2.26. The van der Waals surface area contributed by atoms with Crippen molar-refractivity contribution < 1.29 is 37.5 Å². The Hall–Kier alpha value is -1.82. The molecule has 0 aliphatic carbocycles. The number of carbonyl (C=O) groups excluding carboxylic acids is 1. The number of hydrogen-bond donors (Lipinski definition) is 2. The van der Waals surface area contributed by atoms with E-state index < -0.39 is 62.3 Å². The van der Waals surface area contributed by atoms with Gasteiger partial charge in [0.2, 0.25) is 0 Å². The van der Waals surface area contributed by atoms with E-state index >= 15 is 0 Å². The highest BCUT2D eigenvalue weighted by atomic mass is 31.2. The highest BCUT2D eigenvalue weighted by Gasteiger charge is 2.50. The molecule has 0 radical (unpaired) electrons. The number of aromatic nitrogens is 2. The minimum atomic E-state index is -4.38. The van der Waals surface area contributed by atoms with Crippen molar-refractivity contribution in [3.8, 4) is 0 Å². The average Bonchev–Trinajstić information content (AvgIpc) is 2.88. The van der Waals surface area contributed by atoms with Gasteiger partial charge < -0.3 is 19.1 Å². The van der Waals surface area contributed by atoms with Gasteiger partial charge in [0.05, 0.1) is 18.8 Å². The van der Waals surface area contributed by atoms with Gasteiger partial charge >= 0.3 is 19.5 Å². The zero-order chi connectivity index (χ0) is 22.6. The maximum atomic E-state index is 12.2. The van der Waals surface area contributed by atoms with Crippen LogP contribution in [0.3, 0.4) is 0 Å². The Bertz CT molecular complexity index is 895. The number of carbonyl (C=O) groups is 1. The molecule has 2 rings (SSSR count). The first-order chi connectivity index (χ1) is 13.9. The van der Waals surface area contributed by atoms with Crippen LogP contribution in [0.25, 0.3) is 0 Å². The quantitative estimate of drug-likeness (QED) is 0.406. The van der Waals surface area contributed by atoms with E-state index in [1.807, 2.05) is 0 Å². The second kappa shape index (κ2) is 9.99. The fraction of sp³-hybridized carbons (Fsp3) is 0.706. The molecular formula is C17H27N2O10P. The molecule has 13 heteroatoms. The van der Waals surface area contributed by atoms with Gasteiger partial charge in [0.25, 0.3) is 5.56 Å². The fourth-order valence-corrected chi connectivity index (χ4v) is 3.88. The average molecular weight is 450 g/mol. The third kappa shape index (κ3) is 6.59. The van der Waals surface area contributed by atoms with Gasteiger partial charge in [-0.2, -0.15) is 0 Å². The number of H-pyrrole nitrogens is 1. The Balaban J connectivity index is 2.35. The molecule has 5 atom stereocenters. The Morgan fingerprint density at radius 2 is 1.93 bits per heavy atom. The topological polar surface area (TPSA) is 155 Å². The summed E-state index contributed by atoms with van der Waals surface area (Å²) in [4.78, 5) is 47.2. The van der Waals surface area contributed by atoms with Crippen LogP contribution in [0.4, 0.5) is 0 Å². The molecule has 12 nitrogen and oxygen atoms in total. The largest absolute Gasteiger partial charge is 0.472 e. The van der Waals surface area contributed by atoms with E-state index in [0.717, 1.165) is 10.6 Å². The molecule has 0 aromatic carbocycles. The molecule has 1 aliphatic rings. The summed E-state index contributed by atoms with van der Waals surface area (Å²) in [5.74, 6) is -0.652. The summed E-state index contributed by atoms with van der Waals surface area (Å²) in [7, 11) is -4.38. The maximum Gasteiger partial charge on any atom is 0.472 e. The number of esters is 1. The SMILES string of the molecule is CC(=O)O[C@H]1C(OC(C)C)[C@@H](COP(=O)(O)OC(C)C)O[C@H]1n1ccc(=O)[nH]c1=O. The van der Waals surface area contributed by atoms with E-state index in [9.17, 15) is 23.8 Å². The molecule has 0 spiro atoms. The lowest BCUT2D eigenvalue weighted by Crippen LogP contribution is -2.42. The molecular weight excluding hydrogens is 423 g/mol. The summed E-state index contributed by atoms with van der Waals surface area (Å²) in [6.07, 6.45) is -3.89. The molecule has 1 aromatic heterocycles. The first-order valence-electron chi connectivity index (χ1n) is 9.35. The monoisotopic (exact) mass is 450 g/mol. The second-order valence-corrected chi connectivity index (χ2v) is 8.63. The van der Waals surface area contributed by atoms with E-state index in [2.05, 4.69) is 4.98 Å². The number of rotatable bonds is 9. The first-order valence-corrected chi connectivity index (χ1v) is 10.8. The molecule has 170 valence electrons. The molecule has 0 amide bonds. The van der Waals surface area contributed by atoms with Crippen LogP contribution in [0.5, 0.6) is 0 Å². The number of aromatic amines is 1. The lowest BCUT2D eigenvalue weighted by atomic mass is 10.1. The predicted octanol–water partition coefficient (Wildman–Crippen LogP) is 0.701. The van der Waals surface area contributed by atoms with Crippen LogP contribution in [-0.2, 0) is 32.6 Å². The third-order valence-corrected chi connectivity index (χ3v) is 5.05. The van der Waals surface area contributed by atoms with Crippen molar-refractivity contribution in [1.82, 2.24) is 9.55 Å². The molecule has 1 fully saturated rings. The number of nitrogens with zero attached hydrogens (tertiary/aromatic N) is 1. The fourth-order valence-electron chi connectivity index (χ4n) is 2.95. The normalized spacial score (nSPS) is 26.1. The molecule has 1 aromatic rings. The minimum Gasteiger partial charge on any atom is -0.455 e. The van der Waals surface area contributed by atoms with Crippen LogP contribution in [0.1, 0.15) is 40.8 Å². The van der Waals surface area contributed by atoms with Gasteiger partial charge in [-0.3, -0.25) is 28.2 Å². The van der Waals surface area contributed by atoms with Crippen LogP contribution < -0.4 is 11.2 Å². The lowest BCUT2D eigenvalue weighted by molar-refractivity contribution is -0.159. The molecule has 2 unspecified atom stereocenters. The van der Waals surface area contributed by atoms with E-state index in [4.69, 9.17) is 23.3 Å². The van der Waals surface area contributed by atoms with Crippen LogP contribution in [-0.4, -0.2) is 57.5 Å². The van der Waals surface area contributed by atoms with Gasteiger partial charge in [-0.05, 0) is 27.7 Å². The standard InChI is InChI=1S/C17H27N2O10P/c1-9(2)26-14-12(8-25-30(23,24)29-10(3)4)28-16(15(14)27-11(5)20)19-7-6-13(21)18-17(19)22/h6-7,9-10,12,14-16H,8H2,1-5H3,(H,23,24)(H,18,21,22)/t12-,14?,15+,16-/m1/s1. The predicted molar refractivity (Wildman–Crippen MR) is 103 cm³/mol. The summed E-state index contributed by atoms with van der Waals surface area (Å²) in [6.45, 7) is 7.35. The van der Waals surface area contributed by atoms with Gasteiger partial charge in [-0.15, -0.1) is 0 Å². The van der Waals surface area contributed by atoms with Crippen molar-refractivity contribution in [2.45, 2.75) is 71.4 Å². The first kappa shape index (κ1) is 24.4. The molecule has 2 N–H and O–H groups in total. The smallest absolute Gasteiger partial charge is 0.455 e. The molecule has 1 aliphatic heterocycles. The molecule has 1 saturated heterocycles. The van der Waals surface area contributed by atoms with Crippen LogP contribution in [0.15, 0.2) is 21.9 Å². The van der Waals surface area contributed by atoms with Gasteiger partial charge in [0.1, 0.15) is 12.2 Å². The summed E-state index contributed by atoms with van der Waals surface area (Å²) in [5, 5.41) is 0. The Kier molecular flexibility index (Phi) is 8.14. The zero-order valence-electron chi connectivity index (χ0n) is 17.3. The number of ether oxygens (including phenoxy) is 3. The van der Waals surface area contributed by atoms with E-state index in [1.165, 1.54) is 13.1 Å². The van der Waals surface area contributed by atoms with Crippen molar-refractivity contribution >= 4 is 13.8 Å². The van der Waals surface area contributed by atoms with Crippen molar-refractivity contribution in [2.75, 3.05) is 6.61 Å². The summed E-state index contributed by atoms with van der Waals surface area (Å²) < 4.78 is 39.9. The van der Waals surface area contributed by atoms with Gasteiger partial charge in [0, 0.05) is 19.2 Å². The Morgan fingerprint density at radius 1 is 1.27 bits per heavy atom. The van der Waals surface area contributed by atoms with Crippen molar-refractivity contribution in [3.05, 3.63) is 33.1 Å². The molecule has 0 bridgehead atoms. The molecule has 2 heterocycles. The highest BCUT2D eigenvalue weighted by molar-refractivity contribution is 7.47. The Labute approximate surface area is 172 Å². The summed E-state index contributed by atoms with van der Waals surface area (Å²) in [6, 6.07) is 1.11. The van der Waals surface area contributed by atoms with E-state index in [-0.39, 0.29) is 6.10 Å². The Morgan fingerprint density at radius 3 is 2.47 bits per heavy atom. The number of phosphoric ester groups is 1. The zero-order valence-corrected chi connectivity index (χ0v) is 18.2. The number of hydrogen-bond acceptors (Lipinski definition) is 9. The van der Waals surface area contributed by atoms with Gasteiger partial charge in [-0.25, -0.2) is 9.36 Å². The van der Waals surface area contributed by atoms with Gasteiger partial charge in [0.15, 0.2) is 12.3 Å². The maximum absolute atomic E-state index is 12.2. The second-order valence-electron chi connectivity index (χ2n) is 7.22. The molecule has 30 heavy (non-hydrogen) atoms. The summed E-state index contributed by atoms with van der Waals surface area (Å²) >= 11 is 0. The van der Waals surface area contributed by atoms with E-state index in [1.54, 1.807) is 27.7 Å². The summed E-state index contributed by atoms with van der Waals surface area (Å²) in [5.41, 5.74) is -1.40. The highest BCUT2D eigenvalue weighted by Crippen LogP contribution is 2.46.